The summed E-state index contributed by atoms with van der Waals surface area (Å²) in [4.78, 5) is 24.2. The third-order valence-electron chi connectivity index (χ3n) is 4.62. The first-order chi connectivity index (χ1) is 14.0. The lowest BCUT2D eigenvalue weighted by Gasteiger charge is -2.13. The normalized spacial score (nSPS) is 10.9. The van der Waals surface area contributed by atoms with Gasteiger partial charge in [0.2, 0.25) is 5.91 Å². The van der Waals surface area contributed by atoms with Gasteiger partial charge in [-0.1, -0.05) is 42.5 Å². The molecule has 0 aliphatic rings. The first-order valence-electron chi connectivity index (χ1n) is 9.23. The monoisotopic (exact) mass is 389 g/mol. The topological polar surface area (TPSA) is 72.7 Å². The number of hydrogen-bond donors (Lipinski definition) is 1. The Labute approximate surface area is 169 Å². The van der Waals surface area contributed by atoms with Crippen molar-refractivity contribution in [3.63, 3.8) is 0 Å². The van der Waals surface area contributed by atoms with Crippen LogP contribution in [0, 0.1) is 13.8 Å². The van der Waals surface area contributed by atoms with Gasteiger partial charge in [-0.05, 0) is 37.6 Å². The summed E-state index contributed by atoms with van der Waals surface area (Å²) in [6, 6.07) is 18.7. The van der Waals surface area contributed by atoms with Crippen LogP contribution in [0.5, 0.6) is 0 Å². The third kappa shape index (κ3) is 4.60. The van der Waals surface area contributed by atoms with Gasteiger partial charge in [0.15, 0.2) is 0 Å². The minimum Gasteiger partial charge on any atom is -0.465 e. The lowest BCUT2D eigenvalue weighted by atomic mass is 10.1. The number of amides is 1. The van der Waals surface area contributed by atoms with Gasteiger partial charge in [0, 0.05) is 17.0 Å². The van der Waals surface area contributed by atoms with Crippen LogP contribution < -0.4 is 5.43 Å². The summed E-state index contributed by atoms with van der Waals surface area (Å²) in [5.41, 5.74) is 7.40. The van der Waals surface area contributed by atoms with Crippen LogP contribution in [0.4, 0.5) is 0 Å². The van der Waals surface area contributed by atoms with Crippen molar-refractivity contribution in [3.05, 3.63) is 88.7 Å². The zero-order valence-electron chi connectivity index (χ0n) is 16.7. The van der Waals surface area contributed by atoms with Crippen molar-refractivity contribution in [2.75, 3.05) is 7.11 Å². The Bertz CT molecular complexity index is 1050. The highest BCUT2D eigenvalue weighted by Crippen LogP contribution is 2.23. The minimum absolute atomic E-state index is 0.183. The van der Waals surface area contributed by atoms with Gasteiger partial charge in [0.05, 0.1) is 31.0 Å². The number of ether oxygens (including phenoxy) is 1. The Hall–Kier alpha value is -3.67. The zero-order chi connectivity index (χ0) is 20.8. The molecular weight excluding hydrogens is 366 g/mol. The lowest BCUT2D eigenvalue weighted by molar-refractivity contribution is -0.120. The van der Waals surface area contributed by atoms with Gasteiger partial charge >= 0.3 is 5.97 Å². The highest BCUT2D eigenvalue weighted by atomic mass is 16.5. The number of benzene rings is 2. The smallest absolute Gasteiger partial charge is 0.339 e. The molecule has 3 rings (SSSR count). The van der Waals surface area contributed by atoms with Gasteiger partial charge < -0.3 is 9.30 Å². The van der Waals surface area contributed by atoms with Crippen LogP contribution in [0.2, 0.25) is 0 Å². The van der Waals surface area contributed by atoms with E-state index in [1.807, 2.05) is 66.9 Å². The summed E-state index contributed by atoms with van der Waals surface area (Å²) < 4.78 is 6.87. The number of esters is 1. The molecule has 2 aromatic carbocycles. The predicted molar refractivity (Wildman–Crippen MR) is 112 cm³/mol. The third-order valence-corrected chi connectivity index (χ3v) is 4.62. The van der Waals surface area contributed by atoms with Gasteiger partial charge in [-0.2, -0.15) is 5.10 Å². The van der Waals surface area contributed by atoms with Crippen LogP contribution in [0.25, 0.3) is 5.69 Å². The number of nitrogens with zero attached hydrogens (tertiary/aromatic N) is 2. The van der Waals surface area contributed by atoms with E-state index >= 15 is 0 Å². The van der Waals surface area contributed by atoms with Gasteiger partial charge in [-0.25, -0.2) is 10.2 Å². The average molecular weight is 389 g/mol. The van der Waals surface area contributed by atoms with Crippen molar-refractivity contribution in [2.45, 2.75) is 20.3 Å². The molecule has 6 nitrogen and oxygen atoms in total. The lowest BCUT2D eigenvalue weighted by Crippen LogP contribution is -2.19. The molecule has 0 radical (unpaired) electrons. The molecule has 1 aromatic heterocycles. The number of carbonyl (C=O) groups is 2. The Kier molecular flexibility index (Phi) is 6.24. The fourth-order valence-electron chi connectivity index (χ4n) is 3.23. The molecule has 0 atom stereocenters. The van der Waals surface area contributed by atoms with Crippen LogP contribution >= 0.6 is 0 Å². The molecule has 1 heterocycles. The number of aryl methyl sites for hydroxylation is 1. The fraction of sp³-hybridized carbons (Fsp3) is 0.174. The van der Waals surface area contributed by atoms with Crippen molar-refractivity contribution in [1.82, 2.24) is 9.99 Å². The summed E-state index contributed by atoms with van der Waals surface area (Å²) in [5, 5.41) is 4.09. The molecule has 0 unspecified atom stereocenters. The first kappa shape index (κ1) is 20.1. The summed E-state index contributed by atoms with van der Waals surface area (Å²) in [6.07, 6.45) is 1.88. The van der Waals surface area contributed by atoms with E-state index in [1.165, 1.54) is 7.11 Å². The molecule has 6 heteroatoms. The van der Waals surface area contributed by atoms with Gasteiger partial charge in [0.1, 0.15) is 0 Å². The van der Waals surface area contributed by atoms with Gasteiger partial charge in [0.25, 0.3) is 0 Å². The van der Waals surface area contributed by atoms with Gasteiger partial charge in [-0.3, -0.25) is 4.79 Å². The highest BCUT2D eigenvalue weighted by molar-refractivity contribution is 5.94. The van der Waals surface area contributed by atoms with Crippen molar-refractivity contribution >= 4 is 18.1 Å². The molecule has 29 heavy (non-hydrogen) atoms. The second kappa shape index (κ2) is 9.01. The van der Waals surface area contributed by atoms with Crippen molar-refractivity contribution in [3.8, 4) is 5.69 Å². The summed E-state index contributed by atoms with van der Waals surface area (Å²) in [5.74, 6) is -0.575. The second-order valence-corrected chi connectivity index (χ2v) is 6.63. The number of hydrazone groups is 1. The molecule has 0 spiro atoms. The molecule has 3 aromatic rings. The fourth-order valence-corrected chi connectivity index (χ4v) is 3.23. The molecule has 0 bridgehead atoms. The predicted octanol–water partition coefficient (Wildman–Crippen LogP) is 3.57. The van der Waals surface area contributed by atoms with E-state index in [0.717, 1.165) is 28.2 Å². The Morgan fingerprint density at radius 3 is 2.48 bits per heavy atom. The van der Waals surface area contributed by atoms with E-state index in [-0.39, 0.29) is 12.3 Å². The maximum atomic E-state index is 12.1. The summed E-state index contributed by atoms with van der Waals surface area (Å²) in [7, 11) is 1.37. The van der Waals surface area contributed by atoms with E-state index in [1.54, 1.807) is 18.3 Å². The SMILES string of the molecule is COC(=O)c1ccccc1-n1c(C)cc(C=NNC(=O)Cc2ccccc2)c1C. The summed E-state index contributed by atoms with van der Waals surface area (Å²) in [6.45, 7) is 3.89. The van der Waals surface area contributed by atoms with E-state index in [0.29, 0.717) is 5.56 Å². The van der Waals surface area contributed by atoms with Crippen molar-refractivity contribution in [2.24, 2.45) is 5.10 Å². The molecule has 148 valence electrons. The molecule has 1 N–H and O–H groups in total. The van der Waals surface area contributed by atoms with Crippen LogP contribution in [-0.2, 0) is 16.0 Å². The Morgan fingerprint density at radius 1 is 1.07 bits per heavy atom. The largest absolute Gasteiger partial charge is 0.465 e. The number of hydrogen-bond acceptors (Lipinski definition) is 4. The molecule has 0 fully saturated rings. The maximum absolute atomic E-state index is 12.1. The number of aromatic nitrogens is 1. The number of carbonyl (C=O) groups excluding carboxylic acids is 2. The van der Waals surface area contributed by atoms with Gasteiger partial charge in [-0.15, -0.1) is 0 Å². The summed E-state index contributed by atoms with van der Waals surface area (Å²) >= 11 is 0. The first-order valence-corrected chi connectivity index (χ1v) is 9.23. The number of rotatable bonds is 6. The van der Waals surface area contributed by atoms with Crippen molar-refractivity contribution in [1.29, 1.82) is 0 Å². The van der Waals surface area contributed by atoms with E-state index in [9.17, 15) is 9.59 Å². The van der Waals surface area contributed by atoms with Crippen LogP contribution in [0.15, 0.2) is 65.8 Å². The van der Waals surface area contributed by atoms with Crippen LogP contribution in [0.1, 0.15) is 32.9 Å². The van der Waals surface area contributed by atoms with E-state index in [4.69, 9.17) is 4.74 Å². The Balaban J connectivity index is 1.79. The van der Waals surface area contributed by atoms with E-state index < -0.39 is 5.97 Å². The molecular formula is C23H23N3O3. The zero-order valence-corrected chi connectivity index (χ0v) is 16.7. The molecule has 1 amide bonds. The molecule has 0 aliphatic carbocycles. The molecule has 0 saturated heterocycles. The van der Waals surface area contributed by atoms with Crippen LogP contribution in [-0.4, -0.2) is 29.8 Å². The standard InChI is InChI=1S/C23H23N3O3/c1-16-13-19(15-24-25-22(27)14-18-9-5-4-6-10-18)17(2)26(16)21-12-8-7-11-20(21)23(28)29-3/h4-13,15H,14H2,1-3H3,(H,25,27). The van der Waals surface area contributed by atoms with E-state index in [2.05, 4.69) is 10.5 Å². The van der Waals surface area contributed by atoms with Crippen LogP contribution in [0.3, 0.4) is 0 Å². The Morgan fingerprint density at radius 2 is 1.76 bits per heavy atom. The molecule has 0 aliphatic heterocycles. The number of para-hydroxylation sites is 1. The second-order valence-electron chi connectivity index (χ2n) is 6.63. The number of methoxy groups -OCH3 is 1. The minimum atomic E-state index is -0.392. The molecule has 0 saturated carbocycles. The maximum Gasteiger partial charge on any atom is 0.339 e. The quantitative estimate of drug-likeness (QED) is 0.398. The number of nitrogens with one attached hydrogen (secondary N) is 1. The highest BCUT2D eigenvalue weighted by Gasteiger charge is 2.17. The van der Waals surface area contributed by atoms with Crippen molar-refractivity contribution < 1.29 is 14.3 Å². The average Bonchev–Trinajstić information content (AvgIpc) is 3.01.